The summed E-state index contributed by atoms with van der Waals surface area (Å²) in [5.41, 5.74) is 3.35. The summed E-state index contributed by atoms with van der Waals surface area (Å²) in [5, 5.41) is 21.1. The fourth-order valence-corrected chi connectivity index (χ4v) is 4.34. The van der Waals surface area contributed by atoms with Crippen LogP contribution < -0.4 is 10.5 Å². The maximum Gasteiger partial charge on any atom is 0.322 e. The Morgan fingerprint density at radius 2 is 1.94 bits per heavy atom. The Balaban J connectivity index is 1.50. The number of benzene rings is 2. The van der Waals surface area contributed by atoms with E-state index in [1.165, 1.54) is 12.1 Å². The van der Waals surface area contributed by atoms with E-state index in [9.17, 15) is 19.1 Å². The molecule has 0 radical (unpaired) electrons. The van der Waals surface area contributed by atoms with Gasteiger partial charge in [0.25, 0.3) is 5.56 Å². The third-order valence-corrected chi connectivity index (χ3v) is 6.28. The molecule has 10 heteroatoms. The first-order chi connectivity index (χ1) is 16.3. The number of nitrogens with zero attached hydrogens (tertiary/aromatic N) is 5. The van der Waals surface area contributed by atoms with E-state index in [0.29, 0.717) is 35.4 Å². The Bertz CT molecular complexity index is 1430. The SMILES string of the molecule is Cc1cccc(F)c1-n1nc2c(-c3ccc(N4CCN(C)C(C(=O)O)C4)cc3)n[nH]c2cc1=O. The predicted octanol–water partition coefficient (Wildman–Crippen LogP) is 2.43. The van der Waals surface area contributed by atoms with Crippen molar-refractivity contribution in [2.75, 3.05) is 31.6 Å². The molecule has 0 spiro atoms. The number of rotatable bonds is 4. The maximum atomic E-state index is 14.5. The van der Waals surface area contributed by atoms with Crippen LogP contribution in [-0.2, 0) is 4.79 Å². The van der Waals surface area contributed by atoms with Gasteiger partial charge in [0.1, 0.15) is 28.8 Å². The molecule has 174 valence electrons. The number of H-pyrrole nitrogens is 1. The Labute approximate surface area is 194 Å². The monoisotopic (exact) mass is 462 g/mol. The zero-order chi connectivity index (χ0) is 24.0. The number of fused-ring (bicyclic) bond motifs is 1. The molecule has 1 atom stereocenters. The molecule has 0 bridgehead atoms. The standard InChI is InChI=1S/C24H23FN6O3/c1-14-4-3-5-17(25)23(14)31-20(32)12-18-22(28-31)21(27-26-18)15-6-8-16(9-7-15)30-11-10-29(2)19(13-30)24(33)34/h3-9,12,19,26H,10-11,13H2,1-2H3,(H,33,34). The average molecular weight is 462 g/mol. The first kappa shape index (κ1) is 21.8. The number of hydrogen-bond acceptors (Lipinski definition) is 6. The molecule has 34 heavy (non-hydrogen) atoms. The summed E-state index contributed by atoms with van der Waals surface area (Å²) >= 11 is 0. The number of aromatic amines is 1. The number of aryl methyl sites for hydroxylation is 1. The second-order valence-corrected chi connectivity index (χ2v) is 8.46. The van der Waals surface area contributed by atoms with Crippen LogP contribution in [0.25, 0.3) is 28.0 Å². The molecular formula is C24H23FN6O3. The highest BCUT2D eigenvalue weighted by Crippen LogP contribution is 2.28. The predicted molar refractivity (Wildman–Crippen MR) is 126 cm³/mol. The zero-order valence-corrected chi connectivity index (χ0v) is 18.7. The summed E-state index contributed by atoms with van der Waals surface area (Å²) in [6.45, 7) is 3.49. The highest BCUT2D eigenvalue weighted by molar-refractivity contribution is 5.89. The summed E-state index contributed by atoms with van der Waals surface area (Å²) < 4.78 is 15.6. The third kappa shape index (κ3) is 3.71. The number of carboxylic acids is 1. The minimum Gasteiger partial charge on any atom is -0.480 e. The molecule has 4 aromatic rings. The lowest BCUT2D eigenvalue weighted by molar-refractivity contribution is -0.142. The van der Waals surface area contributed by atoms with Crippen molar-refractivity contribution in [2.45, 2.75) is 13.0 Å². The van der Waals surface area contributed by atoms with E-state index in [2.05, 4.69) is 15.3 Å². The molecule has 5 rings (SSSR count). The highest BCUT2D eigenvalue weighted by atomic mass is 19.1. The number of nitrogens with one attached hydrogen (secondary N) is 1. The number of carboxylic acid groups (broad SMARTS) is 1. The number of likely N-dealkylation sites (N-methyl/N-ethyl adjacent to an activating group) is 1. The van der Waals surface area contributed by atoms with Crippen LogP contribution >= 0.6 is 0 Å². The Morgan fingerprint density at radius 3 is 2.65 bits per heavy atom. The average Bonchev–Trinajstić information content (AvgIpc) is 3.22. The Kier molecular flexibility index (Phi) is 5.37. The highest BCUT2D eigenvalue weighted by Gasteiger charge is 2.30. The first-order valence-electron chi connectivity index (χ1n) is 10.9. The zero-order valence-electron chi connectivity index (χ0n) is 18.7. The van der Waals surface area contributed by atoms with Gasteiger partial charge in [0.2, 0.25) is 0 Å². The third-order valence-electron chi connectivity index (χ3n) is 6.28. The van der Waals surface area contributed by atoms with E-state index in [4.69, 9.17) is 0 Å². The van der Waals surface area contributed by atoms with Gasteiger partial charge in [-0.15, -0.1) is 0 Å². The lowest BCUT2D eigenvalue weighted by Crippen LogP contribution is -2.54. The van der Waals surface area contributed by atoms with Crippen LogP contribution in [0.1, 0.15) is 5.56 Å². The van der Waals surface area contributed by atoms with Gasteiger partial charge in [-0.3, -0.25) is 19.6 Å². The fraction of sp³-hybridized carbons (Fsp3) is 0.250. The van der Waals surface area contributed by atoms with Gasteiger partial charge in [0.05, 0.1) is 5.52 Å². The topological polar surface area (TPSA) is 107 Å². The largest absolute Gasteiger partial charge is 0.480 e. The molecule has 0 amide bonds. The number of carbonyl (C=O) groups is 1. The maximum absolute atomic E-state index is 14.5. The first-order valence-corrected chi connectivity index (χ1v) is 10.9. The number of halogens is 1. The lowest BCUT2D eigenvalue weighted by Gasteiger charge is -2.38. The van der Waals surface area contributed by atoms with Gasteiger partial charge in [-0.2, -0.15) is 14.9 Å². The normalized spacial score (nSPS) is 16.8. The summed E-state index contributed by atoms with van der Waals surface area (Å²) in [6, 6.07) is 13.0. The van der Waals surface area contributed by atoms with Crippen molar-refractivity contribution in [3.05, 3.63) is 70.3 Å². The molecule has 1 aliphatic rings. The summed E-state index contributed by atoms with van der Waals surface area (Å²) in [6.07, 6.45) is 0. The molecule has 2 aromatic carbocycles. The molecule has 1 fully saturated rings. The van der Waals surface area contributed by atoms with Gasteiger partial charge in [-0.05, 0) is 37.7 Å². The van der Waals surface area contributed by atoms with E-state index in [0.717, 1.165) is 22.5 Å². The number of hydrogen-bond donors (Lipinski definition) is 2. The van der Waals surface area contributed by atoms with Gasteiger partial charge in [0, 0.05) is 37.0 Å². The van der Waals surface area contributed by atoms with Crippen LogP contribution in [0.3, 0.4) is 0 Å². The quantitative estimate of drug-likeness (QED) is 0.480. The molecular weight excluding hydrogens is 439 g/mol. The molecule has 2 N–H and O–H groups in total. The van der Waals surface area contributed by atoms with E-state index in [1.54, 1.807) is 19.1 Å². The minimum atomic E-state index is -0.839. The Hall–Kier alpha value is -4.05. The van der Waals surface area contributed by atoms with Crippen LogP contribution in [0, 0.1) is 12.7 Å². The van der Waals surface area contributed by atoms with Gasteiger partial charge in [-0.1, -0.05) is 24.3 Å². The molecule has 1 aliphatic heterocycles. The van der Waals surface area contributed by atoms with Crippen molar-refractivity contribution in [3.63, 3.8) is 0 Å². The lowest BCUT2D eigenvalue weighted by atomic mass is 10.1. The van der Waals surface area contributed by atoms with E-state index < -0.39 is 23.4 Å². The molecule has 1 unspecified atom stereocenters. The van der Waals surface area contributed by atoms with Crippen molar-refractivity contribution in [3.8, 4) is 16.9 Å². The van der Waals surface area contributed by atoms with E-state index >= 15 is 0 Å². The van der Waals surface area contributed by atoms with Crippen LogP contribution in [-0.4, -0.2) is 68.7 Å². The molecule has 9 nitrogen and oxygen atoms in total. The number of aromatic nitrogens is 4. The van der Waals surface area contributed by atoms with E-state index in [-0.39, 0.29) is 5.69 Å². The number of para-hydroxylation sites is 1. The molecule has 0 saturated carbocycles. The number of piperazine rings is 1. The Morgan fingerprint density at radius 1 is 1.18 bits per heavy atom. The molecule has 1 saturated heterocycles. The van der Waals surface area contributed by atoms with Gasteiger partial charge in [-0.25, -0.2) is 4.39 Å². The smallest absolute Gasteiger partial charge is 0.322 e. The molecule has 3 heterocycles. The summed E-state index contributed by atoms with van der Waals surface area (Å²) in [7, 11) is 1.82. The van der Waals surface area contributed by atoms with Gasteiger partial charge in [0.15, 0.2) is 0 Å². The van der Waals surface area contributed by atoms with Gasteiger partial charge < -0.3 is 10.0 Å². The number of aliphatic carboxylic acids is 1. The fourth-order valence-electron chi connectivity index (χ4n) is 4.34. The van der Waals surface area contributed by atoms with Crippen molar-refractivity contribution < 1.29 is 14.3 Å². The van der Waals surface area contributed by atoms with Crippen LogP contribution in [0.2, 0.25) is 0 Å². The summed E-state index contributed by atoms with van der Waals surface area (Å²) in [4.78, 5) is 28.1. The van der Waals surface area contributed by atoms with Crippen molar-refractivity contribution in [1.29, 1.82) is 0 Å². The molecule has 0 aliphatic carbocycles. The second kappa shape index (κ2) is 8.38. The van der Waals surface area contributed by atoms with Crippen LogP contribution in [0.4, 0.5) is 10.1 Å². The second-order valence-electron chi connectivity index (χ2n) is 8.46. The summed E-state index contributed by atoms with van der Waals surface area (Å²) in [5.74, 6) is -1.37. The molecule has 2 aromatic heterocycles. The van der Waals surface area contributed by atoms with E-state index in [1.807, 2.05) is 41.1 Å². The van der Waals surface area contributed by atoms with Crippen molar-refractivity contribution in [2.24, 2.45) is 0 Å². The number of anilines is 1. The van der Waals surface area contributed by atoms with Crippen LogP contribution in [0.5, 0.6) is 0 Å². The van der Waals surface area contributed by atoms with Crippen LogP contribution in [0.15, 0.2) is 53.3 Å². The van der Waals surface area contributed by atoms with Gasteiger partial charge >= 0.3 is 5.97 Å². The van der Waals surface area contributed by atoms with Crippen molar-refractivity contribution >= 4 is 22.7 Å². The minimum absolute atomic E-state index is 0.111. The van der Waals surface area contributed by atoms with Crippen molar-refractivity contribution in [1.82, 2.24) is 24.9 Å².